The zero-order chi connectivity index (χ0) is 23.4. The van der Waals surface area contributed by atoms with Gasteiger partial charge in [0, 0.05) is 10.2 Å². The number of esters is 1. The van der Waals surface area contributed by atoms with E-state index in [1.165, 1.54) is 0 Å². The zero-order valence-corrected chi connectivity index (χ0v) is 20.6. The number of hydrogen-bond donors (Lipinski definition) is 2. The standard InChI is InChI=1S/C24H23BrN2O4S/c1-5-31-24(30)19-15(4)20(22(29)26-18-11-10-13(2)12-14(18)3)32-23(19)27-21(28)16-8-6-7-9-17(16)25/h6-12H,5H2,1-4H3,(H,26,29)(H,27,28). The van der Waals surface area contributed by atoms with Crippen molar-refractivity contribution in [1.82, 2.24) is 0 Å². The number of hydrogen-bond acceptors (Lipinski definition) is 5. The van der Waals surface area contributed by atoms with E-state index < -0.39 is 11.9 Å². The molecular formula is C24H23BrN2O4S. The summed E-state index contributed by atoms with van der Waals surface area (Å²) in [6, 6.07) is 12.7. The van der Waals surface area contributed by atoms with E-state index in [0.29, 0.717) is 26.2 Å². The van der Waals surface area contributed by atoms with Crippen molar-refractivity contribution in [2.24, 2.45) is 0 Å². The molecule has 6 nitrogen and oxygen atoms in total. The van der Waals surface area contributed by atoms with E-state index in [9.17, 15) is 14.4 Å². The first-order chi connectivity index (χ1) is 15.2. The Balaban J connectivity index is 1.97. The van der Waals surface area contributed by atoms with Gasteiger partial charge in [-0.2, -0.15) is 0 Å². The first-order valence-corrected chi connectivity index (χ1v) is 11.6. The highest BCUT2D eigenvalue weighted by molar-refractivity contribution is 9.10. The summed E-state index contributed by atoms with van der Waals surface area (Å²) in [7, 11) is 0. The maximum Gasteiger partial charge on any atom is 0.341 e. The van der Waals surface area contributed by atoms with Gasteiger partial charge in [0.2, 0.25) is 0 Å². The third kappa shape index (κ3) is 5.08. The number of anilines is 2. The van der Waals surface area contributed by atoms with Crippen LogP contribution in [-0.2, 0) is 4.74 Å². The lowest BCUT2D eigenvalue weighted by Gasteiger charge is -2.09. The van der Waals surface area contributed by atoms with Gasteiger partial charge in [-0.25, -0.2) is 4.79 Å². The summed E-state index contributed by atoms with van der Waals surface area (Å²) < 4.78 is 5.80. The van der Waals surface area contributed by atoms with Crippen molar-refractivity contribution in [3.05, 3.63) is 79.6 Å². The van der Waals surface area contributed by atoms with E-state index in [1.54, 1.807) is 38.1 Å². The molecule has 0 fully saturated rings. The number of benzene rings is 2. The highest BCUT2D eigenvalue weighted by Crippen LogP contribution is 2.35. The van der Waals surface area contributed by atoms with Crippen LogP contribution in [0, 0.1) is 20.8 Å². The summed E-state index contributed by atoms with van der Waals surface area (Å²) in [5.74, 6) is -1.34. The van der Waals surface area contributed by atoms with Crippen molar-refractivity contribution in [2.45, 2.75) is 27.7 Å². The monoisotopic (exact) mass is 514 g/mol. The van der Waals surface area contributed by atoms with Gasteiger partial charge >= 0.3 is 5.97 Å². The van der Waals surface area contributed by atoms with Gasteiger partial charge in [-0.1, -0.05) is 29.8 Å². The van der Waals surface area contributed by atoms with Gasteiger partial charge in [-0.05, 0) is 73.0 Å². The van der Waals surface area contributed by atoms with Crippen LogP contribution >= 0.6 is 27.3 Å². The van der Waals surface area contributed by atoms with Crippen LogP contribution in [0.5, 0.6) is 0 Å². The number of rotatable bonds is 6. The predicted molar refractivity (Wildman–Crippen MR) is 131 cm³/mol. The topological polar surface area (TPSA) is 84.5 Å². The maximum atomic E-state index is 13.1. The van der Waals surface area contributed by atoms with Crippen molar-refractivity contribution < 1.29 is 19.1 Å². The Morgan fingerprint density at radius 2 is 1.72 bits per heavy atom. The van der Waals surface area contributed by atoms with E-state index in [2.05, 4.69) is 26.6 Å². The number of carbonyl (C=O) groups is 3. The fourth-order valence-electron chi connectivity index (χ4n) is 3.22. The highest BCUT2D eigenvalue weighted by atomic mass is 79.9. The van der Waals surface area contributed by atoms with E-state index in [-0.39, 0.29) is 23.1 Å². The highest BCUT2D eigenvalue weighted by Gasteiger charge is 2.27. The molecule has 2 N–H and O–H groups in total. The molecule has 0 aliphatic rings. The quantitative estimate of drug-likeness (QED) is 0.388. The van der Waals surface area contributed by atoms with Crippen molar-refractivity contribution in [3.63, 3.8) is 0 Å². The average Bonchev–Trinajstić information content (AvgIpc) is 3.06. The summed E-state index contributed by atoms with van der Waals surface area (Å²) in [5.41, 5.74) is 3.76. The summed E-state index contributed by atoms with van der Waals surface area (Å²) in [4.78, 5) is 38.9. The molecule has 8 heteroatoms. The number of aryl methyl sites for hydroxylation is 2. The van der Waals surface area contributed by atoms with E-state index in [0.717, 1.165) is 22.5 Å². The normalized spacial score (nSPS) is 10.5. The second-order valence-electron chi connectivity index (χ2n) is 7.19. The van der Waals surface area contributed by atoms with Crippen LogP contribution in [0.3, 0.4) is 0 Å². The zero-order valence-electron chi connectivity index (χ0n) is 18.2. The molecule has 2 amide bonds. The van der Waals surface area contributed by atoms with Gasteiger partial charge in [0.15, 0.2) is 0 Å². The number of halogens is 1. The van der Waals surface area contributed by atoms with Crippen LogP contribution in [0.15, 0.2) is 46.9 Å². The third-order valence-electron chi connectivity index (χ3n) is 4.81. The first kappa shape index (κ1) is 23.7. The van der Waals surface area contributed by atoms with Crippen LogP contribution < -0.4 is 10.6 Å². The van der Waals surface area contributed by atoms with Gasteiger partial charge in [-0.3, -0.25) is 9.59 Å². The summed E-state index contributed by atoms with van der Waals surface area (Å²) in [5, 5.41) is 5.94. The van der Waals surface area contributed by atoms with Gasteiger partial charge in [0.1, 0.15) is 5.00 Å². The average molecular weight is 515 g/mol. The van der Waals surface area contributed by atoms with Gasteiger partial charge in [0.25, 0.3) is 11.8 Å². The number of thiophene rings is 1. The Bertz CT molecular complexity index is 1200. The Morgan fingerprint density at radius 3 is 2.38 bits per heavy atom. The Kier molecular flexibility index (Phi) is 7.48. The summed E-state index contributed by atoms with van der Waals surface area (Å²) in [6.07, 6.45) is 0. The molecule has 0 aliphatic heterocycles. The lowest BCUT2D eigenvalue weighted by Crippen LogP contribution is -2.15. The van der Waals surface area contributed by atoms with Gasteiger partial charge in [0.05, 0.1) is 22.6 Å². The molecular weight excluding hydrogens is 492 g/mol. The second-order valence-corrected chi connectivity index (χ2v) is 9.06. The molecule has 0 bridgehead atoms. The predicted octanol–water partition coefficient (Wildman–Crippen LogP) is 6.12. The number of amides is 2. The number of nitrogens with one attached hydrogen (secondary N) is 2. The molecule has 1 heterocycles. The smallest absolute Gasteiger partial charge is 0.341 e. The van der Waals surface area contributed by atoms with Gasteiger partial charge in [-0.15, -0.1) is 11.3 Å². The lowest BCUT2D eigenvalue weighted by molar-refractivity contribution is 0.0527. The minimum absolute atomic E-state index is 0.176. The Labute approximate surface area is 199 Å². The second kappa shape index (κ2) is 10.1. The van der Waals surface area contributed by atoms with Crippen LogP contribution in [0.1, 0.15) is 54.0 Å². The third-order valence-corrected chi connectivity index (χ3v) is 6.71. The Morgan fingerprint density at radius 1 is 1.00 bits per heavy atom. The van der Waals surface area contributed by atoms with Crippen molar-refractivity contribution in [2.75, 3.05) is 17.2 Å². The summed E-state index contributed by atoms with van der Waals surface area (Å²) >= 11 is 4.41. The molecule has 166 valence electrons. The minimum Gasteiger partial charge on any atom is -0.462 e. The SMILES string of the molecule is CCOC(=O)c1c(NC(=O)c2ccccc2Br)sc(C(=O)Nc2ccc(C)cc2C)c1C. The fourth-order valence-corrected chi connectivity index (χ4v) is 4.77. The van der Waals surface area contributed by atoms with E-state index in [4.69, 9.17) is 4.74 Å². The van der Waals surface area contributed by atoms with Crippen LogP contribution in [0.4, 0.5) is 10.7 Å². The molecule has 3 rings (SSSR count). The lowest BCUT2D eigenvalue weighted by atomic mass is 10.1. The largest absolute Gasteiger partial charge is 0.462 e. The molecule has 0 radical (unpaired) electrons. The van der Waals surface area contributed by atoms with E-state index >= 15 is 0 Å². The molecule has 2 aromatic carbocycles. The molecule has 0 saturated heterocycles. The first-order valence-electron chi connectivity index (χ1n) is 9.97. The number of ether oxygens (including phenoxy) is 1. The number of carbonyl (C=O) groups excluding carboxylic acids is 3. The molecule has 1 aromatic heterocycles. The van der Waals surface area contributed by atoms with Crippen LogP contribution in [0.25, 0.3) is 0 Å². The minimum atomic E-state index is -0.589. The van der Waals surface area contributed by atoms with Crippen LogP contribution in [-0.4, -0.2) is 24.4 Å². The van der Waals surface area contributed by atoms with Crippen LogP contribution in [0.2, 0.25) is 0 Å². The van der Waals surface area contributed by atoms with Crippen molar-refractivity contribution >= 4 is 55.7 Å². The van der Waals surface area contributed by atoms with E-state index in [1.807, 2.05) is 32.0 Å². The maximum absolute atomic E-state index is 13.1. The van der Waals surface area contributed by atoms with Crippen molar-refractivity contribution in [3.8, 4) is 0 Å². The summed E-state index contributed by atoms with van der Waals surface area (Å²) in [6.45, 7) is 7.45. The molecule has 0 aliphatic carbocycles. The fraction of sp³-hybridized carbons (Fsp3) is 0.208. The van der Waals surface area contributed by atoms with Crippen molar-refractivity contribution in [1.29, 1.82) is 0 Å². The molecule has 0 saturated carbocycles. The Hall–Kier alpha value is -2.97. The molecule has 32 heavy (non-hydrogen) atoms. The molecule has 0 unspecified atom stereocenters. The van der Waals surface area contributed by atoms with Gasteiger partial charge < -0.3 is 15.4 Å². The molecule has 0 atom stereocenters. The molecule has 3 aromatic rings. The molecule has 0 spiro atoms.